The second-order valence-electron chi connectivity index (χ2n) is 5.71. The van der Waals surface area contributed by atoms with Crippen molar-refractivity contribution in [3.05, 3.63) is 57.9 Å². The van der Waals surface area contributed by atoms with E-state index in [1.165, 1.54) is 7.11 Å². The maximum atomic E-state index is 12.0. The highest BCUT2D eigenvalue weighted by molar-refractivity contribution is 6.30. The molecule has 1 aliphatic rings. The lowest BCUT2D eigenvalue weighted by molar-refractivity contribution is -0.138. The van der Waals surface area contributed by atoms with Crippen LogP contribution in [0.3, 0.4) is 0 Å². The summed E-state index contributed by atoms with van der Waals surface area (Å²) in [7, 11) is 1.30. The summed E-state index contributed by atoms with van der Waals surface area (Å²) in [5, 5.41) is 3.82. The van der Waals surface area contributed by atoms with Gasteiger partial charge in [-0.25, -0.2) is 9.59 Å². The minimum absolute atomic E-state index is 0.158. The van der Waals surface area contributed by atoms with E-state index < -0.39 is 11.9 Å². The summed E-state index contributed by atoms with van der Waals surface area (Å²) in [6.07, 6.45) is 0.158. The van der Waals surface area contributed by atoms with Gasteiger partial charge in [0.15, 0.2) is 0 Å². The van der Waals surface area contributed by atoms with Gasteiger partial charge in [0.1, 0.15) is 0 Å². The number of ether oxygens (including phenoxy) is 3. The third-order valence-electron chi connectivity index (χ3n) is 3.70. The number of methoxy groups -OCH3 is 1. The van der Waals surface area contributed by atoms with Gasteiger partial charge in [-0.3, -0.25) is 0 Å². The van der Waals surface area contributed by atoms with E-state index in [2.05, 4.69) is 5.32 Å². The van der Waals surface area contributed by atoms with Gasteiger partial charge in [0, 0.05) is 23.7 Å². The fraction of sp³-hybridized carbons (Fsp3) is 0.400. The molecule has 0 aliphatic carbocycles. The fourth-order valence-corrected chi connectivity index (χ4v) is 2.50. The van der Waals surface area contributed by atoms with E-state index >= 15 is 0 Å². The molecule has 0 fully saturated rings. The lowest BCUT2D eigenvalue weighted by Crippen LogP contribution is -2.30. The molecule has 7 nitrogen and oxygen atoms in total. The first-order valence-corrected chi connectivity index (χ1v) is 9.24. The molecule has 0 aromatic heterocycles. The summed E-state index contributed by atoms with van der Waals surface area (Å²) in [4.78, 5) is 23.8. The predicted octanol–water partition coefficient (Wildman–Crippen LogP) is 2.56. The van der Waals surface area contributed by atoms with Crippen molar-refractivity contribution in [2.24, 2.45) is 5.73 Å². The minimum atomic E-state index is -0.469. The third kappa shape index (κ3) is 7.72. The van der Waals surface area contributed by atoms with Crippen LogP contribution in [0.1, 0.15) is 20.3 Å². The Morgan fingerprint density at radius 2 is 1.86 bits per heavy atom. The Hall–Kier alpha value is -2.35. The Morgan fingerprint density at radius 1 is 1.18 bits per heavy atom. The molecule has 0 saturated carbocycles. The quantitative estimate of drug-likeness (QED) is 0.526. The predicted molar refractivity (Wildman–Crippen MR) is 107 cm³/mol. The number of allylic oxidation sites excluding steroid dienone is 1. The summed E-state index contributed by atoms with van der Waals surface area (Å²) in [6, 6.07) is 9.44. The molecule has 0 atom stereocenters. The van der Waals surface area contributed by atoms with E-state index in [1.807, 2.05) is 30.3 Å². The normalized spacial score (nSPS) is 13.3. The lowest BCUT2D eigenvalue weighted by Gasteiger charge is -2.24. The number of benzene rings is 1. The van der Waals surface area contributed by atoms with Crippen molar-refractivity contribution in [2.75, 3.05) is 33.5 Å². The zero-order valence-corrected chi connectivity index (χ0v) is 17.2. The first kappa shape index (κ1) is 23.7. The molecule has 0 spiro atoms. The van der Waals surface area contributed by atoms with Gasteiger partial charge < -0.3 is 25.3 Å². The van der Waals surface area contributed by atoms with Crippen LogP contribution >= 0.6 is 11.6 Å². The van der Waals surface area contributed by atoms with Gasteiger partial charge in [-0.1, -0.05) is 29.8 Å². The number of hydrogen-bond donors (Lipinski definition) is 2. The van der Waals surface area contributed by atoms with Crippen LogP contribution in [-0.4, -0.2) is 45.4 Å². The van der Waals surface area contributed by atoms with Crippen molar-refractivity contribution in [3.63, 3.8) is 0 Å². The first-order valence-electron chi connectivity index (χ1n) is 8.87. The van der Waals surface area contributed by atoms with Crippen LogP contribution in [0.15, 0.2) is 52.9 Å². The second kappa shape index (κ2) is 12.9. The van der Waals surface area contributed by atoms with Gasteiger partial charge in [0.25, 0.3) is 0 Å². The van der Waals surface area contributed by atoms with Crippen molar-refractivity contribution in [1.29, 1.82) is 0 Å². The van der Waals surface area contributed by atoms with E-state index in [1.54, 1.807) is 13.8 Å². The number of carbonyl (C=O) groups excluding carboxylic acids is 2. The maximum Gasteiger partial charge on any atom is 0.336 e. The van der Waals surface area contributed by atoms with Crippen molar-refractivity contribution < 1.29 is 23.8 Å². The number of dihydropyridines is 1. The van der Waals surface area contributed by atoms with Crippen LogP contribution in [-0.2, 0) is 23.8 Å². The molecule has 0 saturated heterocycles. The molecule has 154 valence electrons. The highest BCUT2D eigenvalue weighted by Gasteiger charge is 2.28. The molecule has 1 heterocycles. The minimum Gasteiger partial charge on any atom is -0.466 e. The molecule has 28 heavy (non-hydrogen) atoms. The average Bonchev–Trinajstić information content (AvgIpc) is 2.69. The highest BCUT2D eigenvalue weighted by atomic mass is 35.5. The SMILES string of the molecule is CCOC(=O)C1=C(COCCN)NC(C)=C(C(=O)OC)C1.Clc1ccccc1. The Labute approximate surface area is 170 Å². The molecular weight excluding hydrogens is 384 g/mol. The zero-order chi connectivity index (χ0) is 20.9. The van der Waals surface area contributed by atoms with Crippen LogP contribution < -0.4 is 11.1 Å². The van der Waals surface area contributed by atoms with Crippen molar-refractivity contribution in [1.82, 2.24) is 5.32 Å². The molecule has 1 aliphatic heterocycles. The number of hydrogen-bond acceptors (Lipinski definition) is 7. The first-order chi connectivity index (χ1) is 13.4. The molecule has 0 unspecified atom stereocenters. The number of nitrogens with one attached hydrogen (secondary N) is 1. The molecular formula is C20H27ClN2O5. The second-order valence-corrected chi connectivity index (χ2v) is 6.15. The van der Waals surface area contributed by atoms with Crippen LogP contribution in [0.4, 0.5) is 0 Å². The largest absolute Gasteiger partial charge is 0.466 e. The number of esters is 2. The topological polar surface area (TPSA) is 99.9 Å². The molecule has 0 amide bonds. The Bertz CT molecular complexity index is 717. The summed E-state index contributed by atoms with van der Waals surface area (Å²) in [5.74, 6) is -0.936. The molecule has 1 aromatic carbocycles. The van der Waals surface area contributed by atoms with E-state index in [-0.39, 0.29) is 19.6 Å². The molecule has 0 radical (unpaired) electrons. The van der Waals surface area contributed by atoms with Gasteiger partial charge in [0.05, 0.1) is 43.8 Å². The van der Waals surface area contributed by atoms with Gasteiger partial charge in [-0.15, -0.1) is 0 Å². The molecule has 0 bridgehead atoms. The molecule has 8 heteroatoms. The van der Waals surface area contributed by atoms with Gasteiger partial charge in [-0.2, -0.15) is 0 Å². The Balaban J connectivity index is 0.000000467. The number of carbonyl (C=O) groups is 2. The van der Waals surface area contributed by atoms with E-state index in [0.29, 0.717) is 35.7 Å². The number of nitrogens with two attached hydrogens (primary N) is 1. The summed E-state index contributed by atoms with van der Waals surface area (Å²) in [5.41, 5.74) is 7.38. The van der Waals surface area contributed by atoms with Gasteiger partial charge in [-0.05, 0) is 26.0 Å². The van der Waals surface area contributed by atoms with E-state index in [0.717, 1.165) is 5.02 Å². The molecule has 2 rings (SSSR count). The third-order valence-corrected chi connectivity index (χ3v) is 3.96. The van der Waals surface area contributed by atoms with Crippen LogP contribution in [0.25, 0.3) is 0 Å². The van der Waals surface area contributed by atoms with Gasteiger partial charge >= 0.3 is 11.9 Å². The summed E-state index contributed by atoms with van der Waals surface area (Å²) < 4.78 is 15.1. The molecule has 1 aromatic rings. The fourth-order valence-electron chi connectivity index (χ4n) is 2.35. The smallest absolute Gasteiger partial charge is 0.336 e. The van der Waals surface area contributed by atoms with Crippen LogP contribution in [0, 0.1) is 0 Å². The Morgan fingerprint density at radius 3 is 2.36 bits per heavy atom. The highest BCUT2D eigenvalue weighted by Crippen LogP contribution is 2.25. The van der Waals surface area contributed by atoms with E-state index in [9.17, 15) is 9.59 Å². The average molecular weight is 411 g/mol. The van der Waals surface area contributed by atoms with Crippen molar-refractivity contribution in [2.45, 2.75) is 20.3 Å². The number of rotatable bonds is 7. The van der Waals surface area contributed by atoms with E-state index in [4.69, 9.17) is 31.5 Å². The Kier molecular flexibility index (Phi) is 10.9. The van der Waals surface area contributed by atoms with Crippen molar-refractivity contribution in [3.8, 4) is 0 Å². The van der Waals surface area contributed by atoms with Gasteiger partial charge in [0.2, 0.25) is 0 Å². The number of halogens is 1. The van der Waals surface area contributed by atoms with Crippen molar-refractivity contribution >= 4 is 23.5 Å². The standard InChI is InChI=1S/C14H22N2O5.C6H5Cl/c1-4-21-14(18)11-7-10(13(17)19-3)9(2)16-12(11)8-20-6-5-15;7-6-4-2-1-3-5-6/h16H,4-8,15H2,1-3H3;1-5H. The summed E-state index contributed by atoms with van der Waals surface area (Å²) in [6.45, 7) is 4.71. The van der Waals surface area contributed by atoms with Crippen LogP contribution in [0.2, 0.25) is 5.02 Å². The maximum absolute atomic E-state index is 12.0. The van der Waals surface area contributed by atoms with Crippen LogP contribution in [0.5, 0.6) is 0 Å². The lowest BCUT2D eigenvalue weighted by atomic mass is 9.98. The monoisotopic (exact) mass is 410 g/mol. The molecule has 3 N–H and O–H groups in total. The summed E-state index contributed by atoms with van der Waals surface area (Å²) >= 11 is 5.54. The zero-order valence-electron chi connectivity index (χ0n) is 16.4.